The first kappa shape index (κ1) is 28.1. The van der Waals surface area contributed by atoms with E-state index in [4.69, 9.17) is 19.2 Å². The third-order valence-corrected chi connectivity index (χ3v) is 8.00. The van der Waals surface area contributed by atoms with Crippen molar-refractivity contribution >= 4 is 29.1 Å². The van der Waals surface area contributed by atoms with E-state index in [0.717, 1.165) is 16.7 Å². The predicted octanol–water partition coefficient (Wildman–Crippen LogP) is 5.08. The molecule has 4 aromatic rings. The Bertz CT molecular complexity index is 1780. The summed E-state index contributed by atoms with van der Waals surface area (Å²) in [6.07, 6.45) is 1.78. The van der Waals surface area contributed by atoms with Crippen molar-refractivity contribution in [3.63, 3.8) is 0 Å². The summed E-state index contributed by atoms with van der Waals surface area (Å²) in [4.78, 5) is 33.2. The van der Waals surface area contributed by atoms with E-state index >= 15 is 0 Å². The Hall–Kier alpha value is -4.43. The highest BCUT2D eigenvalue weighted by atomic mass is 32.1. The maximum absolute atomic E-state index is 14.1. The summed E-state index contributed by atoms with van der Waals surface area (Å²) in [7, 11) is 3.14. The zero-order valence-corrected chi connectivity index (χ0v) is 24.5. The smallest absolute Gasteiger partial charge is 0.338 e. The van der Waals surface area contributed by atoms with Crippen LogP contribution < -0.4 is 24.4 Å². The molecule has 0 aliphatic carbocycles. The van der Waals surface area contributed by atoms with Gasteiger partial charge >= 0.3 is 5.97 Å². The lowest BCUT2D eigenvalue weighted by molar-refractivity contribution is -0.138. The lowest BCUT2D eigenvalue weighted by Gasteiger charge is -2.26. The maximum Gasteiger partial charge on any atom is 0.338 e. The van der Waals surface area contributed by atoms with Gasteiger partial charge in [0.25, 0.3) is 5.56 Å². The lowest BCUT2D eigenvalue weighted by atomic mass is 9.91. The zero-order chi connectivity index (χ0) is 29.1. The van der Waals surface area contributed by atoms with Crippen molar-refractivity contribution < 1.29 is 19.0 Å². The van der Waals surface area contributed by atoms with Crippen molar-refractivity contribution in [1.29, 1.82) is 0 Å². The fraction of sp³-hybridized carbons (Fsp3) is 0.242. The maximum atomic E-state index is 14.1. The number of aromatic nitrogens is 1. The summed E-state index contributed by atoms with van der Waals surface area (Å²) in [6, 6.07) is 22.4. The second kappa shape index (κ2) is 12.0. The molecular formula is C33H32N2O5S. The number of benzene rings is 3. The molecule has 0 fully saturated rings. The van der Waals surface area contributed by atoms with E-state index in [9.17, 15) is 9.59 Å². The average Bonchev–Trinajstić information content (AvgIpc) is 3.30. The van der Waals surface area contributed by atoms with E-state index in [1.165, 1.54) is 11.3 Å². The highest BCUT2D eigenvalue weighted by molar-refractivity contribution is 7.07. The highest BCUT2D eigenvalue weighted by Gasteiger charge is 2.35. The summed E-state index contributed by atoms with van der Waals surface area (Å²) in [6.45, 7) is 6.22. The van der Waals surface area contributed by atoms with Gasteiger partial charge < -0.3 is 14.2 Å². The van der Waals surface area contributed by atoms with Gasteiger partial charge in [-0.3, -0.25) is 9.36 Å². The van der Waals surface area contributed by atoms with Crippen LogP contribution in [0.4, 0.5) is 0 Å². The van der Waals surface area contributed by atoms with E-state index in [-0.39, 0.29) is 12.2 Å². The number of thiazole rings is 1. The molecule has 41 heavy (non-hydrogen) atoms. The molecule has 7 nitrogen and oxygen atoms in total. The molecule has 5 rings (SSSR count). The quantitative estimate of drug-likeness (QED) is 0.277. The van der Waals surface area contributed by atoms with Crippen LogP contribution in [0.2, 0.25) is 0 Å². The number of esters is 1. The highest BCUT2D eigenvalue weighted by Crippen LogP contribution is 2.36. The van der Waals surface area contributed by atoms with Gasteiger partial charge in [-0.2, -0.15) is 0 Å². The fourth-order valence-corrected chi connectivity index (χ4v) is 5.98. The second-order valence-electron chi connectivity index (χ2n) is 9.84. The molecule has 1 aromatic heterocycles. The van der Waals surface area contributed by atoms with E-state index in [1.807, 2.05) is 66.7 Å². The van der Waals surface area contributed by atoms with Crippen molar-refractivity contribution in [2.24, 2.45) is 4.99 Å². The predicted molar refractivity (Wildman–Crippen MR) is 161 cm³/mol. The van der Waals surface area contributed by atoms with Gasteiger partial charge in [0.1, 0.15) is 0 Å². The van der Waals surface area contributed by atoms with Crippen LogP contribution in [0.15, 0.2) is 88.2 Å². The summed E-state index contributed by atoms with van der Waals surface area (Å²) in [5.74, 6) is 0.924. The molecule has 3 aromatic carbocycles. The molecule has 0 bridgehead atoms. The van der Waals surface area contributed by atoms with Crippen LogP contribution in [-0.2, 0) is 9.53 Å². The van der Waals surface area contributed by atoms with Gasteiger partial charge in [-0.25, -0.2) is 9.79 Å². The summed E-state index contributed by atoms with van der Waals surface area (Å²) < 4.78 is 18.7. The third-order valence-electron chi connectivity index (χ3n) is 7.01. The number of para-hydroxylation sites is 1. The molecule has 0 N–H and O–H groups in total. The number of methoxy groups -OCH3 is 2. The molecule has 8 heteroatoms. The Morgan fingerprint density at radius 1 is 1.00 bits per heavy atom. The van der Waals surface area contributed by atoms with Crippen molar-refractivity contribution in [1.82, 2.24) is 4.57 Å². The minimum absolute atomic E-state index is 0.198. The number of nitrogens with zero attached hydrogens (tertiary/aromatic N) is 2. The Morgan fingerprint density at radius 2 is 1.73 bits per heavy atom. The van der Waals surface area contributed by atoms with E-state index < -0.39 is 12.0 Å². The second-order valence-corrected chi connectivity index (χ2v) is 10.8. The van der Waals surface area contributed by atoms with Crippen molar-refractivity contribution in [3.8, 4) is 11.5 Å². The first-order chi connectivity index (χ1) is 19.9. The van der Waals surface area contributed by atoms with Crippen LogP contribution in [0.25, 0.3) is 11.8 Å². The number of fused-ring (bicyclic) bond motifs is 1. The molecule has 0 radical (unpaired) electrons. The Morgan fingerprint density at radius 3 is 2.37 bits per heavy atom. The van der Waals surface area contributed by atoms with E-state index in [0.29, 0.717) is 43.6 Å². The Balaban J connectivity index is 1.82. The number of hydrogen-bond acceptors (Lipinski definition) is 7. The molecule has 1 aliphatic heterocycles. The van der Waals surface area contributed by atoms with E-state index in [1.54, 1.807) is 37.9 Å². The van der Waals surface area contributed by atoms with Gasteiger partial charge in [0.05, 0.1) is 42.7 Å². The van der Waals surface area contributed by atoms with Gasteiger partial charge in [0.2, 0.25) is 0 Å². The SMILES string of the molecule is CCOC(=O)C1=C(c2ccccc2)N=c2s/c(=C\c3cccc(OC)c3OC)c(=O)n2[C@@H]1c1ccc(C(C)C)cc1. The molecule has 0 saturated heterocycles. The first-order valence-electron chi connectivity index (χ1n) is 13.5. The molecule has 2 heterocycles. The summed E-state index contributed by atoms with van der Waals surface area (Å²) >= 11 is 1.27. The average molecular weight is 569 g/mol. The fourth-order valence-electron chi connectivity index (χ4n) is 4.99. The topological polar surface area (TPSA) is 79.1 Å². The number of carbonyl (C=O) groups excluding carboxylic acids is 1. The van der Waals surface area contributed by atoms with Gasteiger partial charge in [-0.05, 0) is 36.1 Å². The van der Waals surface area contributed by atoms with Crippen LogP contribution in [0.1, 0.15) is 55.0 Å². The van der Waals surface area contributed by atoms with Crippen LogP contribution in [0, 0.1) is 0 Å². The number of rotatable bonds is 8. The molecular weight excluding hydrogens is 536 g/mol. The lowest BCUT2D eigenvalue weighted by Crippen LogP contribution is -2.40. The van der Waals surface area contributed by atoms with Crippen LogP contribution in [0.3, 0.4) is 0 Å². The third kappa shape index (κ3) is 5.35. The summed E-state index contributed by atoms with van der Waals surface area (Å²) in [5.41, 5.74) is 3.99. The molecule has 0 amide bonds. The van der Waals surface area contributed by atoms with Crippen molar-refractivity contribution in [2.45, 2.75) is 32.7 Å². The molecule has 210 valence electrons. The number of hydrogen-bond donors (Lipinski definition) is 0. The Labute approximate surface area is 242 Å². The minimum atomic E-state index is -0.726. The van der Waals surface area contributed by atoms with Crippen molar-refractivity contribution in [2.75, 3.05) is 20.8 Å². The van der Waals surface area contributed by atoms with E-state index in [2.05, 4.69) is 13.8 Å². The van der Waals surface area contributed by atoms with Gasteiger partial charge in [0, 0.05) is 11.1 Å². The number of ether oxygens (including phenoxy) is 3. The molecule has 0 saturated carbocycles. The largest absolute Gasteiger partial charge is 0.493 e. The van der Waals surface area contributed by atoms with Crippen LogP contribution in [-0.4, -0.2) is 31.4 Å². The van der Waals surface area contributed by atoms with Gasteiger partial charge in [0.15, 0.2) is 16.3 Å². The molecule has 1 aliphatic rings. The molecule has 0 spiro atoms. The standard InChI is InChI=1S/C33H32N2O5S/c1-6-40-32(37)27-28(22-11-8-7-9-12-22)34-33-35(29(27)23-17-15-21(16-18-23)20(2)3)31(36)26(41-33)19-24-13-10-14-25(38-4)30(24)39-5/h7-20,29H,6H2,1-5H3/b26-19-/t29-/m1/s1. The van der Waals surface area contributed by atoms with Gasteiger partial charge in [-0.1, -0.05) is 91.9 Å². The normalized spacial score (nSPS) is 15.0. The zero-order valence-electron chi connectivity index (χ0n) is 23.7. The summed E-state index contributed by atoms with van der Waals surface area (Å²) in [5, 5.41) is 0. The molecule has 0 unspecified atom stereocenters. The Kier molecular flexibility index (Phi) is 8.21. The number of carbonyl (C=O) groups is 1. The van der Waals surface area contributed by atoms with Crippen LogP contribution in [0.5, 0.6) is 11.5 Å². The van der Waals surface area contributed by atoms with Crippen LogP contribution >= 0.6 is 11.3 Å². The molecule has 1 atom stereocenters. The minimum Gasteiger partial charge on any atom is -0.493 e. The monoisotopic (exact) mass is 568 g/mol. The van der Waals surface area contributed by atoms with Gasteiger partial charge in [-0.15, -0.1) is 0 Å². The van der Waals surface area contributed by atoms with Crippen molar-refractivity contribution in [3.05, 3.63) is 120 Å². The first-order valence-corrected chi connectivity index (χ1v) is 14.3.